The van der Waals surface area contributed by atoms with E-state index in [1.807, 2.05) is 37.2 Å². The molecule has 0 aliphatic carbocycles. The molecule has 7 nitrogen and oxygen atoms in total. The van der Waals surface area contributed by atoms with E-state index in [0.29, 0.717) is 40.4 Å². The van der Waals surface area contributed by atoms with Crippen molar-refractivity contribution < 1.29 is 17.8 Å². The van der Waals surface area contributed by atoms with Crippen molar-refractivity contribution in [2.75, 3.05) is 29.6 Å². The third-order valence-electron chi connectivity index (χ3n) is 6.29. The summed E-state index contributed by atoms with van der Waals surface area (Å²) in [6.45, 7) is 2.41. The van der Waals surface area contributed by atoms with Crippen LogP contribution in [0.1, 0.15) is 35.2 Å². The number of alkyl halides is 2. The SMILES string of the molecule is Cc1c(-c2cnn(C)c2)ccc(N2CCCC(F)(F)CC2)c1C(=O)Nc1cccc([S@](C)(=N)=O)c1. The van der Waals surface area contributed by atoms with Gasteiger partial charge in [0.2, 0.25) is 5.92 Å². The average molecular weight is 502 g/mol. The number of hydrogen-bond donors (Lipinski definition) is 2. The lowest BCUT2D eigenvalue weighted by atomic mass is 9.95. The molecule has 10 heteroatoms. The van der Waals surface area contributed by atoms with Gasteiger partial charge >= 0.3 is 0 Å². The fourth-order valence-corrected chi connectivity index (χ4v) is 5.13. The molecule has 0 unspecified atom stereocenters. The topological polar surface area (TPSA) is 91.1 Å². The van der Waals surface area contributed by atoms with Gasteiger partial charge in [-0.15, -0.1) is 0 Å². The van der Waals surface area contributed by atoms with Gasteiger partial charge in [-0.25, -0.2) is 17.8 Å². The van der Waals surface area contributed by atoms with Gasteiger partial charge in [0.15, 0.2) is 0 Å². The Morgan fingerprint density at radius 3 is 2.66 bits per heavy atom. The number of carbonyl (C=O) groups is 1. The first kappa shape index (κ1) is 24.8. The minimum Gasteiger partial charge on any atom is -0.371 e. The van der Waals surface area contributed by atoms with E-state index in [0.717, 1.165) is 11.1 Å². The molecule has 3 aromatic rings. The number of aromatic nitrogens is 2. The molecule has 1 aliphatic rings. The van der Waals surface area contributed by atoms with Crippen molar-refractivity contribution in [2.24, 2.45) is 7.05 Å². The van der Waals surface area contributed by atoms with Crippen molar-refractivity contribution >= 4 is 27.0 Å². The maximum absolute atomic E-state index is 14.0. The third-order valence-corrected chi connectivity index (χ3v) is 7.44. The summed E-state index contributed by atoms with van der Waals surface area (Å²) in [5.41, 5.74) is 3.78. The summed E-state index contributed by atoms with van der Waals surface area (Å²) >= 11 is 0. The van der Waals surface area contributed by atoms with Crippen LogP contribution in [0.4, 0.5) is 20.2 Å². The number of anilines is 2. The van der Waals surface area contributed by atoms with E-state index in [9.17, 15) is 17.8 Å². The molecule has 0 bridgehead atoms. The zero-order valence-corrected chi connectivity index (χ0v) is 20.8. The van der Waals surface area contributed by atoms with Gasteiger partial charge in [0.05, 0.1) is 21.5 Å². The molecule has 1 fully saturated rings. The molecule has 0 radical (unpaired) electrons. The number of halogens is 2. The molecular weight excluding hydrogens is 472 g/mol. The minimum absolute atomic E-state index is 0.144. The molecule has 1 amide bonds. The van der Waals surface area contributed by atoms with Gasteiger partial charge in [-0.3, -0.25) is 9.48 Å². The highest BCUT2D eigenvalue weighted by atomic mass is 32.2. The van der Waals surface area contributed by atoms with E-state index in [2.05, 4.69) is 10.4 Å². The van der Waals surface area contributed by atoms with Crippen molar-refractivity contribution in [1.29, 1.82) is 4.78 Å². The first-order valence-corrected chi connectivity index (χ1v) is 13.3. The fraction of sp³-hybridized carbons (Fsp3) is 0.360. The standard InChI is InChI=1S/C25H29F2N5O2S/c1-17-21(18-15-29-31(2)16-18)8-9-22(32-12-5-10-25(26,27)11-13-32)23(17)24(33)30-19-6-4-7-20(14-19)35(3,28)34/h4,6-9,14-16,28H,5,10-13H2,1-3H3,(H,30,33)/t35-/m1/s1. The lowest BCUT2D eigenvalue weighted by Gasteiger charge is -2.27. The zero-order chi connectivity index (χ0) is 25.4. The van der Waals surface area contributed by atoms with Crippen LogP contribution < -0.4 is 10.2 Å². The molecule has 1 aromatic heterocycles. The van der Waals surface area contributed by atoms with Gasteiger partial charge in [0.25, 0.3) is 5.91 Å². The monoisotopic (exact) mass is 501 g/mol. The summed E-state index contributed by atoms with van der Waals surface area (Å²) in [7, 11) is -1.15. The maximum atomic E-state index is 14.0. The first-order chi connectivity index (χ1) is 16.4. The van der Waals surface area contributed by atoms with Gasteiger partial charge in [-0.05, 0) is 48.7 Å². The Kier molecular flexibility index (Phi) is 6.68. The molecule has 2 aromatic carbocycles. The minimum atomic E-state index is -2.95. The maximum Gasteiger partial charge on any atom is 0.258 e. The Morgan fingerprint density at radius 2 is 1.97 bits per heavy atom. The molecule has 35 heavy (non-hydrogen) atoms. The quantitative estimate of drug-likeness (QED) is 0.496. The number of hydrogen-bond acceptors (Lipinski definition) is 5. The lowest BCUT2D eigenvalue weighted by molar-refractivity contribution is -0.0102. The van der Waals surface area contributed by atoms with E-state index in [-0.39, 0.29) is 19.4 Å². The average Bonchev–Trinajstić information content (AvgIpc) is 3.12. The van der Waals surface area contributed by atoms with Crippen LogP contribution in [-0.2, 0) is 16.8 Å². The number of nitrogens with one attached hydrogen (secondary N) is 2. The van der Waals surface area contributed by atoms with Crippen LogP contribution in [0.3, 0.4) is 0 Å². The smallest absolute Gasteiger partial charge is 0.258 e. The van der Waals surface area contributed by atoms with Crippen LogP contribution in [0.2, 0.25) is 0 Å². The molecule has 1 aliphatic heterocycles. The summed E-state index contributed by atoms with van der Waals surface area (Å²) < 4.78 is 49.8. The summed E-state index contributed by atoms with van der Waals surface area (Å²) in [4.78, 5) is 15.8. The number of amides is 1. The molecule has 4 rings (SSSR count). The van der Waals surface area contributed by atoms with E-state index >= 15 is 0 Å². The lowest BCUT2D eigenvalue weighted by Crippen LogP contribution is -2.29. The second-order valence-electron chi connectivity index (χ2n) is 9.06. The van der Waals surface area contributed by atoms with Crippen LogP contribution in [-0.4, -0.2) is 45.2 Å². The Hall–Kier alpha value is -3.27. The number of aryl methyl sites for hydroxylation is 1. The van der Waals surface area contributed by atoms with E-state index < -0.39 is 21.6 Å². The predicted octanol–water partition coefficient (Wildman–Crippen LogP) is 5.31. The van der Waals surface area contributed by atoms with Crippen LogP contribution >= 0.6 is 0 Å². The predicted molar refractivity (Wildman–Crippen MR) is 134 cm³/mol. The molecular formula is C25H29F2N5O2S. The summed E-state index contributed by atoms with van der Waals surface area (Å²) in [5, 5.41) is 7.09. The van der Waals surface area contributed by atoms with Crippen LogP contribution in [0.5, 0.6) is 0 Å². The Balaban J connectivity index is 1.77. The zero-order valence-electron chi connectivity index (χ0n) is 20.0. The normalized spacial score (nSPS) is 17.5. The molecule has 1 atom stereocenters. The van der Waals surface area contributed by atoms with Crippen molar-refractivity contribution in [2.45, 2.75) is 37.0 Å². The number of carbonyl (C=O) groups excluding carboxylic acids is 1. The van der Waals surface area contributed by atoms with Gasteiger partial charge in [-0.2, -0.15) is 5.10 Å². The van der Waals surface area contributed by atoms with Crippen LogP contribution in [0.25, 0.3) is 11.1 Å². The second-order valence-corrected chi connectivity index (χ2v) is 11.2. The summed E-state index contributed by atoms with van der Waals surface area (Å²) in [6, 6.07) is 10.1. The summed E-state index contributed by atoms with van der Waals surface area (Å²) in [6.07, 6.45) is 4.77. The van der Waals surface area contributed by atoms with Crippen molar-refractivity contribution in [1.82, 2.24) is 9.78 Å². The van der Waals surface area contributed by atoms with Crippen LogP contribution in [0, 0.1) is 11.7 Å². The fourth-order valence-electron chi connectivity index (χ4n) is 4.44. The van der Waals surface area contributed by atoms with Gasteiger partial charge < -0.3 is 10.2 Å². The third kappa shape index (κ3) is 5.53. The highest BCUT2D eigenvalue weighted by molar-refractivity contribution is 7.91. The Morgan fingerprint density at radius 1 is 1.20 bits per heavy atom. The molecule has 1 saturated heterocycles. The first-order valence-electron chi connectivity index (χ1n) is 11.4. The molecule has 2 N–H and O–H groups in total. The molecule has 2 heterocycles. The van der Waals surface area contributed by atoms with Crippen molar-refractivity contribution in [3.63, 3.8) is 0 Å². The van der Waals surface area contributed by atoms with Crippen molar-refractivity contribution in [3.05, 3.63) is 59.9 Å². The number of benzene rings is 2. The highest BCUT2D eigenvalue weighted by Gasteiger charge is 2.33. The van der Waals surface area contributed by atoms with Gasteiger partial charge in [-0.1, -0.05) is 12.1 Å². The van der Waals surface area contributed by atoms with Gasteiger partial charge in [0.1, 0.15) is 0 Å². The second kappa shape index (κ2) is 9.41. The Labute approximate surface area is 204 Å². The largest absolute Gasteiger partial charge is 0.371 e. The molecule has 0 spiro atoms. The summed E-state index contributed by atoms with van der Waals surface area (Å²) in [5.74, 6) is -3.12. The highest BCUT2D eigenvalue weighted by Crippen LogP contribution is 2.36. The number of nitrogens with zero attached hydrogens (tertiary/aromatic N) is 3. The molecule has 186 valence electrons. The van der Waals surface area contributed by atoms with E-state index in [1.165, 1.54) is 12.3 Å². The Bertz CT molecular complexity index is 1370. The van der Waals surface area contributed by atoms with Gasteiger partial charge in [0, 0.05) is 67.3 Å². The molecule has 0 saturated carbocycles. The van der Waals surface area contributed by atoms with E-state index in [4.69, 9.17) is 4.78 Å². The van der Waals surface area contributed by atoms with Crippen molar-refractivity contribution in [3.8, 4) is 11.1 Å². The number of rotatable bonds is 5. The van der Waals surface area contributed by atoms with Crippen LogP contribution in [0.15, 0.2) is 53.7 Å². The van der Waals surface area contributed by atoms with E-state index in [1.54, 1.807) is 29.1 Å².